The Balaban J connectivity index is 1.93. The largest absolute Gasteiger partial charge is 0.492 e. The zero-order chi connectivity index (χ0) is 11.9. The molecule has 0 atom stereocenters. The minimum atomic E-state index is -3.79. The smallest absolute Gasteiger partial charge is 0.264 e. The second-order valence-electron chi connectivity index (χ2n) is 3.38. The molecule has 1 aromatic rings. The first kappa shape index (κ1) is 13.5. The number of ether oxygens (including phenoxy) is 1. The molecular formula is C10H14O4S2. The van der Waals surface area contributed by atoms with E-state index in [1.54, 1.807) is 6.07 Å². The van der Waals surface area contributed by atoms with Crippen molar-refractivity contribution in [3.8, 4) is 5.75 Å². The Bertz CT molecular complexity index is 370. The molecule has 1 rings (SSSR count). The summed E-state index contributed by atoms with van der Waals surface area (Å²) in [5, 5.41) is 5.78. The van der Waals surface area contributed by atoms with Crippen LogP contribution in [0.4, 0.5) is 0 Å². The highest BCUT2D eigenvalue weighted by Gasteiger charge is 2.02. The summed E-state index contributed by atoms with van der Waals surface area (Å²) in [7, 11) is -3.79. The third kappa shape index (κ3) is 6.81. The van der Waals surface area contributed by atoms with Crippen molar-refractivity contribution in [3.63, 3.8) is 0 Å². The Morgan fingerprint density at radius 3 is 2.69 bits per heavy atom. The molecule has 0 aliphatic carbocycles. The lowest BCUT2D eigenvalue weighted by molar-refractivity contribution is 0.305. The fourth-order valence-electron chi connectivity index (χ4n) is 1.19. The van der Waals surface area contributed by atoms with E-state index in [1.165, 1.54) is 11.3 Å². The molecule has 0 spiro atoms. The van der Waals surface area contributed by atoms with Crippen molar-refractivity contribution in [2.45, 2.75) is 25.7 Å². The predicted octanol–water partition coefficient (Wildman–Crippen LogP) is 2.18. The molecule has 0 unspecified atom stereocenters. The molecule has 1 N–H and O–H groups in total. The summed E-state index contributed by atoms with van der Waals surface area (Å²) in [6, 6.07) is 1.74. The molecule has 0 aliphatic rings. The lowest BCUT2D eigenvalue weighted by Gasteiger charge is -2.02. The van der Waals surface area contributed by atoms with Gasteiger partial charge in [0.1, 0.15) is 5.75 Å². The molecule has 6 heteroatoms. The van der Waals surface area contributed by atoms with Crippen LogP contribution >= 0.6 is 11.3 Å². The maximum Gasteiger partial charge on any atom is 0.264 e. The number of hydrogen-bond acceptors (Lipinski definition) is 4. The van der Waals surface area contributed by atoms with Crippen molar-refractivity contribution in [2.75, 3.05) is 12.4 Å². The van der Waals surface area contributed by atoms with Crippen molar-refractivity contribution >= 4 is 21.5 Å². The maximum absolute atomic E-state index is 10.4. The van der Waals surface area contributed by atoms with Crippen LogP contribution in [0.3, 0.4) is 0 Å². The molecule has 90 valence electrons. The van der Waals surface area contributed by atoms with Crippen LogP contribution < -0.4 is 4.74 Å². The molecule has 0 fully saturated rings. The monoisotopic (exact) mass is 262 g/mol. The summed E-state index contributed by atoms with van der Waals surface area (Å²) >= 11 is 1.34. The van der Waals surface area contributed by atoms with Crippen LogP contribution in [0.25, 0.3) is 0 Å². The summed E-state index contributed by atoms with van der Waals surface area (Å²) in [6.07, 6.45) is 3.04. The third-order valence-corrected chi connectivity index (χ3v) is 3.30. The first-order valence-corrected chi connectivity index (χ1v) is 7.46. The molecule has 0 amide bonds. The van der Waals surface area contributed by atoms with Crippen molar-refractivity contribution in [1.82, 2.24) is 0 Å². The highest BCUT2D eigenvalue weighted by atomic mass is 32.2. The topological polar surface area (TPSA) is 63.6 Å². The van der Waals surface area contributed by atoms with Gasteiger partial charge in [-0.1, -0.05) is 12.8 Å². The van der Waals surface area contributed by atoms with Crippen molar-refractivity contribution in [1.29, 1.82) is 0 Å². The van der Waals surface area contributed by atoms with Gasteiger partial charge >= 0.3 is 0 Å². The summed E-state index contributed by atoms with van der Waals surface area (Å²) in [6.45, 7) is 0.604. The van der Waals surface area contributed by atoms with Gasteiger partial charge in [0.05, 0.1) is 17.7 Å². The molecule has 4 nitrogen and oxygen atoms in total. The van der Waals surface area contributed by atoms with E-state index in [4.69, 9.17) is 9.29 Å². The highest BCUT2D eigenvalue weighted by Crippen LogP contribution is 2.13. The van der Waals surface area contributed by atoms with Crippen LogP contribution in [-0.2, 0) is 10.1 Å². The average molecular weight is 262 g/mol. The Kier molecular flexibility index (Phi) is 5.79. The zero-order valence-electron chi connectivity index (χ0n) is 8.81. The van der Waals surface area contributed by atoms with Crippen LogP contribution in [0.15, 0.2) is 6.07 Å². The predicted molar refractivity (Wildman–Crippen MR) is 62.4 cm³/mol. The molecule has 0 saturated heterocycles. The van der Waals surface area contributed by atoms with Crippen LogP contribution in [0.2, 0.25) is 0 Å². The van der Waals surface area contributed by atoms with E-state index in [2.05, 4.69) is 10.8 Å². The Morgan fingerprint density at radius 1 is 1.31 bits per heavy atom. The summed E-state index contributed by atoms with van der Waals surface area (Å²) in [4.78, 5) is 0. The molecule has 0 saturated carbocycles. The Morgan fingerprint density at radius 2 is 2.06 bits per heavy atom. The van der Waals surface area contributed by atoms with Crippen LogP contribution in [0.5, 0.6) is 5.75 Å². The van der Waals surface area contributed by atoms with Crippen molar-refractivity contribution < 1.29 is 17.7 Å². The van der Waals surface area contributed by atoms with Gasteiger partial charge in [0.2, 0.25) is 0 Å². The van der Waals surface area contributed by atoms with Crippen LogP contribution in [0, 0.1) is 10.8 Å². The van der Waals surface area contributed by atoms with Gasteiger partial charge in [-0.2, -0.15) is 8.42 Å². The van der Waals surface area contributed by atoms with Gasteiger partial charge in [-0.25, -0.2) is 0 Å². The maximum atomic E-state index is 10.4. The van der Waals surface area contributed by atoms with E-state index >= 15 is 0 Å². The number of unbranched alkanes of at least 4 members (excludes halogenated alkanes) is 3. The molecule has 0 bridgehead atoms. The average Bonchev–Trinajstić information content (AvgIpc) is 2.67. The number of thiophene rings is 1. The van der Waals surface area contributed by atoms with Gasteiger partial charge in [-0.05, 0) is 12.8 Å². The molecule has 1 aromatic heterocycles. The van der Waals surface area contributed by atoms with Crippen LogP contribution in [-0.4, -0.2) is 25.3 Å². The van der Waals surface area contributed by atoms with Gasteiger partial charge < -0.3 is 4.74 Å². The third-order valence-electron chi connectivity index (χ3n) is 1.95. The minimum absolute atomic E-state index is 0.152. The fraction of sp³-hybridized carbons (Fsp3) is 0.600. The van der Waals surface area contributed by atoms with Crippen molar-refractivity contribution in [3.05, 3.63) is 16.8 Å². The van der Waals surface area contributed by atoms with Gasteiger partial charge in [-0.3, -0.25) is 4.55 Å². The summed E-state index contributed by atoms with van der Waals surface area (Å²) in [5.74, 6) is 0.559. The normalized spacial score (nSPS) is 11.6. The van der Waals surface area contributed by atoms with E-state index < -0.39 is 10.1 Å². The van der Waals surface area contributed by atoms with E-state index in [9.17, 15) is 8.42 Å². The lowest BCUT2D eigenvalue weighted by atomic mass is 10.2. The molecular weight excluding hydrogens is 248 g/mol. The Labute approximate surface area is 100 Å². The molecule has 1 heterocycles. The lowest BCUT2D eigenvalue weighted by Crippen LogP contribution is -2.03. The van der Waals surface area contributed by atoms with E-state index in [-0.39, 0.29) is 5.75 Å². The first-order valence-electron chi connectivity index (χ1n) is 5.03. The second kappa shape index (κ2) is 6.88. The zero-order valence-corrected chi connectivity index (χ0v) is 10.4. The summed E-state index contributed by atoms with van der Waals surface area (Å²) in [5.41, 5.74) is 0. The van der Waals surface area contributed by atoms with E-state index in [1.807, 2.05) is 0 Å². The molecule has 2 radical (unpaired) electrons. The molecule has 16 heavy (non-hydrogen) atoms. The standard InChI is InChI=1S/C10H14O4S2/c11-16(12,13)8-4-2-1-3-6-14-10-5-7-15-9-10/h5H,1-4,6,8H2,(H,11,12,13). The first-order chi connectivity index (χ1) is 7.58. The van der Waals surface area contributed by atoms with Gasteiger partial charge in [-0.15, -0.1) is 11.3 Å². The van der Waals surface area contributed by atoms with Crippen molar-refractivity contribution in [2.24, 2.45) is 0 Å². The summed E-state index contributed by atoms with van der Waals surface area (Å²) < 4.78 is 34.6. The highest BCUT2D eigenvalue weighted by molar-refractivity contribution is 7.85. The number of hydrogen-bond donors (Lipinski definition) is 1. The molecule has 0 aliphatic heterocycles. The Hall–Kier alpha value is -0.590. The number of rotatable bonds is 8. The van der Waals surface area contributed by atoms with E-state index in [0.29, 0.717) is 18.8 Å². The van der Waals surface area contributed by atoms with E-state index in [0.717, 1.165) is 19.3 Å². The van der Waals surface area contributed by atoms with Gasteiger partial charge in [0, 0.05) is 11.4 Å². The second-order valence-corrected chi connectivity index (χ2v) is 5.60. The van der Waals surface area contributed by atoms with Crippen LogP contribution in [0.1, 0.15) is 25.7 Å². The fourth-order valence-corrected chi connectivity index (χ4v) is 2.20. The minimum Gasteiger partial charge on any atom is -0.492 e. The van der Waals surface area contributed by atoms with Gasteiger partial charge in [0.25, 0.3) is 10.1 Å². The quantitative estimate of drug-likeness (QED) is 0.576. The van der Waals surface area contributed by atoms with Gasteiger partial charge in [0.15, 0.2) is 0 Å². The molecule has 0 aromatic carbocycles. The SMILES string of the molecule is O=S(=O)(O)CCCCCCOc1[c]s[c]c1.